The lowest BCUT2D eigenvalue weighted by Gasteiger charge is -2.17. The molecule has 0 aromatic heterocycles. The second-order valence-corrected chi connectivity index (χ2v) is 7.48. The Bertz CT molecular complexity index is 801. The molecule has 0 aliphatic heterocycles. The highest BCUT2D eigenvalue weighted by Crippen LogP contribution is 2.64. The maximum atomic E-state index is 13.1. The number of fused-ring (bicyclic) bond motifs is 1. The van der Waals surface area contributed by atoms with Gasteiger partial charge in [-0.15, -0.1) is 0 Å². The van der Waals surface area contributed by atoms with Crippen LogP contribution in [0.4, 0.5) is 0 Å². The Hall–Kier alpha value is -2.88. The van der Waals surface area contributed by atoms with Crippen molar-refractivity contribution in [3.63, 3.8) is 0 Å². The van der Waals surface area contributed by atoms with Crippen molar-refractivity contribution in [1.82, 2.24) is 0 Å². The van der Waals surface area contributed by atoms with E-state index in [1.807, 2.05) is 66.7 Å². The maximum Gasteiger partial charge on any atom is 0.324 e. The molecule has 0 radical (unpaired) electrons. The fourth-order valence-corrected chi connectivity index (χ4v) is 4.22. The minimum absolute atomic E-state index is 0.0298. The summed E-state index contributed by atoms with van der Waals surface area (Å²) in [6, 6.07) is 19.0. The predicted molar refractivity (Wildman–Crippen MR) is 105 cm³/mol. The van der Waals surface area contributed by atoms with Crippen LogP contribution in [0, 0.1) is 17.3 Å². The van der Waals surface area contributed by atoms with Crippen molar-refractivity contribution in [2.24, 2.45) is 17.3 Å². The number of carbonyl (C=O) groups excluding carboxylic acids is 2. The summed E-state index contributed by atoms with van der Waals surface area (Å²) < 4.78 is 11.2. The number of rotatable bonds is 6. The largest absolute Gasteiger partial charge is 0.460 e. The van der Waals surface area contributed by atoms with Crippen LogP contribution in [-0.2, 0) is 32.3 Å². The van der Waals surface area contributed by atoms with Crippen LogP contribution >= 0.6 is 0 Å². The van der Waals surface area contributed by atoms with E-state index in [0.717, 1.165) is 30.4 Å². The van der Waals surface area contributed by atoms with Gasteiger partial charge in [0.25, 0.3) is 0 Å². The number of benzene rings is 2. The summed E-state index contributed by atoms with van der Waals surface area (Å²) >= 11 is 0. The molecule has 2 aliphatic carbocycles. The first-order chi connectivity index (χ1) is 13.7. The summed E-state index contributed by atoms with van der Waals surface area (Å²) in [5.74, 6) is -1.08. The van der Waals surface area contributed by atoms with Crippen molar-refractivity contribution in [3.8, 4) is 0 Å². The van der Waals surface area contributed by atoms with E-state index in [0.29, 0.717) is 0 Å². The third-order valence-corrected chi connectivity index (χ3v) is 5.77. The summed E-state index contributed by atoms with van der Waals surface area (Å²) in [5, 5.41) is 0. The molecule has 144 valence electrons. The first-order valence-electron chi connectivity index (χ1n) is 9.82. The highest BCUT2D eigenvalue weighted by atomic mass is 16.6. The molecule has 4 heteroatoms. The van der Waals surface area contributed by atoms with Crippen molar-refractivity contribution in [2.45, 2.75) is 32.5 Å². The van der Waals surface area contributed by atoms with E-state index >= 15 is 0 Å². The van der Waals surface area contributed by atoms with E-state index in [1.54, 1.807) is 0 Å². The topological polar surface area (TPSA) is 52.6 Å². The fourth-order valence-electron chi connectivity index (χ4n) is 4.22. The molecule has 0 saturated heterocycles. The SMILES string of the molecule is O=C(OCc1ccccc1)C1(C(=O)OCc2ccccc2)C2C=CCCCC21. The Labute approximate surface area is 165 Å². The van der Waals surface area contributed by atoms with Crippen LogP contribution < -0.4 is 0 Å². The van der Waals surface area contributed by atoms with Gasteiger partial charge in [0.1, 0.15) is 13.2 Å². The molecular formula is C24H24O4. The Balaban J connectivity index is 1.50. The van der Waals surface area contributed by atoms with Crippen molar-refractivity contribution in [1.29, 1.82) is 0 Å². The molecule has 1 fully saturated rings. The normalized spacial score (nSPS) is 21.9. The van der Waals surface area contributed by atoms with E-state index in [9.17, 15) is 9.59 Å². The van der Waals surface area contributed by atoms with Crippen LogP contribution in [0.3, 0.4) is 0 Å². The highest BCUT2D eigenvalue weighted by Gasteiger charge is 2.75. The number of hydrogen-bond donors (Lipinski definition) is 0. The third-order valence-electron chi connectivity index (χ3n) is 5.77. The van der Waals surface area contributed by atoms with Gasteiger partial charge in [0.05, 0.1) is 0 Å². The molecule has 2 aliphatic rings. The Kier molecular flexibility index (Phi) is 5.29. The zero-order chi connectivity index (χ0) is 19.4. The minimum Gasteiger partial charge on any atom is -0.460 e. The molecule has 0 N–H and O–H groups in total. The molecule has 4 rings (SSSR count). The van der Waals surface area contributed by atoms with Crippen LogP contribution in [0.25, 0.3) is 0 Å². The van der Waals surface area contributed by atoms with Gasteiger partial charge < -0.3 is 9.47 Å². The summed E-state index contributed by atoms with van der Waals surface area (Å²) in [5.41, 5.74) is 0.612. The van der Waals surface area contributed by atoms with Crippen LogP contribution in [0.2, 0.25) is 0 Å². The molecular weight excluding hydrogens is 352 g/mol. The molecule has 2 aromatic carbocycles. The summed E-state index contributed by atoms with van der Waals surface area (Å²) in [4.78, 5) is 26.2. The van der Waals surface area contributed by atoms with Gasteiger partial charge in [-0.1, -0.05) is 72.8 Å². The predicted octanol–water partition coefficient (Wildman–Crippen LogP) is 4.45. The van der Waals surface area contributed by atoms with E-state index in [-0.39, 0.29) is 25.0 Å². The molecule has 4 nitrogen and oxygen atoms in total. The second-order valence-electron chi connectivity index (χ2n) is 7.48. The number of carbonyl (C=O) groups is 2. The van der Waals surface area contributed by atoms with Crippen molar-refractivity contribution in [2.75, 3.05) is 0 Å². The van der Waals surface area contributed by atoms with Crippen LogP contribution in [0.15, 0.2) is 72.8 Å². The van der Waals surface area contributed by atoms with Crippen LogP contribution in [0.1, 0.15) is 30.4 Å². The summed E-state index contributed by atoms with van der Waals surface area (Å²) in [7, 11) is 0. The first-order valence-corrected chi connectivity index (χ1v) is 9.82. The highest BCUT2D eigenvalue weighted by molar-refractivity contribution is 6.05. The van der Waals surface area contributed by atoms with E-state index in [1.165, 1.54) is 0 Å². The molecule has 1 saturated carbocycles. The zero-order valence-electron chi connectivity index (χ0n) is 15.8. The van der Waals surface area contributed by atoms with E-state index < -0.39 is 17.4 Å². The average molecular weight is 376 g/mol. The lowest BCUT2D eigenvalue weighted by Crippen LogP contribution is -2.33. The van der Waals surface area contributed by atoms with Gasteiger partial charge in [-0.25, -0.2) is 0 Å². The van der Waals surface area contributed by atoms with Crippen molar-refractivity contribution < 1.29 is 19.1 Å². The lowest BCUT2D eigenvalue weighted by atomic mass is 9.98. The van der Waals surface area contributed by atoms with Gasteiger partial charge in [0.15, 0.2) is 5.41 Å². The van der Waals surface area contributed by atoms with Gasteiger partial charge in [0.2, 0.25) is 0 Å². The van der Waals surface area contributed by atoms with Gasteiger partial charge in [-0.3, -0.25) is 9.59 Å². The maximum absolute atomic E-state index is 13.1. The number of ether oxygens (including phenoxy) is 2. The van der Waals surface area contributed by atoms with Gasteiger partial charge >= 0.3 is 11.9 Å². The fraction of sp³-hybridized carbons (Fsp3) is 0.333. The smallest absolute Gasteiger partial charge is 0.324 e. The van der Waals surface area contributed by atoms with Crippen molar-refractivity contribution >= 4 is 11.9 Å². The molecule has 2 atom stereocenters. The number of esters is 2. The Morgan fingerprint density at radius 1 is 0.857 bits per heavy atom. The van der Waals surface area contributed by atoms with E-state index in [4.69, 9.17) is 9.47 Å². The first kappa shape index (κ1) is 18.5. The Morgan fingerprint density at radius 3 is 1.93 bits per heavy atom. The molecule has 0 spiro atoms. The number of hydrogen-bond acceptors (Lipinski definition) is 4. The van der Waals surface area contributed by atoms with Crippen LogP contribution in [-0.4, -0.2) is 11.9 Å². The minimum atomic E-state index is -1.19. The van der Waals surface area contributed by atoms with Gasteiger partial charge in [-0.2, -0.15) is 0 Å². The molecule has 0 heterocycles. The lowest BCUT2D eigenvalue weighted by molar-refractivity contribution is -0.167. The van der Waals surface area contributed by atoms with Gasteiger partial charge in [0, 0.05) is 5.92 Å². The van der Waals surface area contributed by atoms with E-state index in [2.05, 4.69) is 6.08 Å². The standard InChI is InChI=1S/C24H24O4/c25-22(27-16-18-10-4-1-5-11-18)24(20-14-8-3-9-15-21(20)24)23(26)28-17-19-12-6-2-7-13-19/h1-2,4-8,10-14,20-21H,3,9,15-17H2. The monoisotopic (exact) mass is 376 g/mol. The molecule has 0 bridgehead atoms. The molecule has 2 aromatic rings. The average Bonchev–Trinajstić information content (AvgIpc) is 3.44. The third kappa shape index (κ3) is 3.47. The van der Waals surface area contributed by atoms with Crippen LogP contribution in [0.5, 0.6) is 0 Å². The van der Waals surface area contributed by atoms with Crippen molar-refractivity contribution in [3.05, 3.63) is 83.9 Å². The molecule has 2 unspecified atom stereocenters. The van der Waals surface area contributed by atoms with Gasteiger partial charge in [-0.05, 0) is 36.3 Å². The summed E-state index contributed by atoms with van der Waals surface area (Å²) in [6.07, 6.45) is 6.86. The number of allylic oxidation sites excluding steroid dienone is 2. The Morgan fingerprint density at radius 2 is 1.39 bits per heavy atom. The quantitative estimate of drug-likeness (QED) is 0.425. The second kappa shape index (κ2) is 8.01. The summed E-state index contributed by atoms with van der Waals surface area (Å²) in [6.45, 7) is 0.326. The molecule has 0 amide bonds. The molecule has 28 heavy (non-hydrogen) atoms. The zero-order valence-corrected chi connectivity index (χ0v) is 15.8.